The summed E-state index contributed by atoms with van der Waals surface area (Å²) < 4.78 is 0. The number of carbonyl (C=O) groups is 1. The minimum atomic E-state index is -0.910. The Bertz CT molecular complexity index is 543. The van der Waals surface area contributed by atoms with Crippen LogP contribution in [-0.4, -0.2) is 17.1 Å². The summed E-state index contributed by atoms with van der Waals surface area (Å²) in [6, 6.07) is 8.64. The summed E-state index contributed by atoms with van der Waals surface area (Å²) >= 11 is 0. The van der Waals surface area contributed by atoms with Crippen molar-refractivity contribution in [1.82, 2.24) is 0 Å². The number of hydrogen-bond donors (Lipinski definition) is 2. The van der Waals surface area contributed by atoms with Crippen LogP contribution in [-0.2, 0) is 4.79 Å². The van der Waals surface area contributed by atoms with Gasteiger partial charge >= 0.3 is 5.97 Å². The van der Waals surface area contributed by atoms with Gasteiger partial charge in [-0.2, -0.15) is 0 Å². The highest BCUT2D eigenvalue weighted by molar-refractivity contribution is 5.85. The van der Waals surface area contributed by atoms with Crippen molar-refractivity contribution in [2.24, 2.45) is 11.8 Å². The SMILES string of the molecule is O=C(O)C=Cc1ccc(NC2CCC(C3CCCCC3)C2)cc1. The zero-order valence-corrected chi connectivity index (χ0v) is 13.7. The van der Waals surface area contributed by atoms with Crippen LogP contribution in [0.5, 0.6) is 0 Å². The second-order valence-corrected chi connectivity index (χ2v) is 7.11. The molecule has 0 aliphatic heterocycles. The van der Waals surface area contributed by atoms with Crippen LogP contribution < -0.4 is 5.32 Å². The standard InChI is InChI=1S/C20H27NO2/c22-20(23)13-8-15-6-10-18(11-7-15)21-19-12-9-17(14-19)16-4-2-1-3-5-16/h6-8,10-11,13,16-17,19,21H,1-5,9,12,14H2,(H,22,23). The maximum Gasteiger partial charge on any atom is 0.328 e. The lowest BCUT2D eigenvalue weighted by molar-refractivity contribution is -0.131. The van der Waals surface area contributed by atoms with E-state index < -0.39 is 5.97 Å². The van der Waals surface area contributed by atoms with Crippen molar-refractivity contribution >= 4 is 17.7 Å². The molecular weight excluding hydrogens is 286 g/mol. The lowest BCUT2D eigenvalue weighted by Gasteiger charge is -2.27. The van der Waals surface area contributed by atoms with Crippen LogP contribution >= 0.6 is 0 Å². The highest BCUT2D eigenvalue weighted by Crippen LogP contribution is 2.40. The Hall–Kier alpha value is -1.77. The molecule has 124 valence electrons. The number of nitrogens with one attached hydrogen (secondary N) is 1. The number of carboxylic acid groups (broad SMARTS) is 1. The third-order valence-electron chi connectivity index (χ3n) is 5.49. The molecule has 0 heterocycles. The number of benzene rings is 1. The first-order valence-corrected chi connectivity index (χ1v) is 8.98. The normalized spacial score (nSPS) is 25.7. The summed E-state index contributed by atoms with van der Waals surface area (Å²) in [4.78, 5) is 10.5. The summed E-state index contributed by atoms with van der Waals surface area (Å²) in [6.45, 7) is 0. The molecule has 2 unspecified atom stereocenters. The Morgan fingerprint density at radius 1 is 1.00 bits per heavy atom. The average molecular weight is 313 g/mol. The van der Waals surface area contributed by atoms with Gasteiger partial charge in [-0.15, -0.1) is 0 Å². The molecule has 2 saturated carbocycles. The Morgan fingerprint density at radius 3 is 2.43 bits per heavy atom. The van der Waals surface area contributed by atoms with E-state index in [1.165, 1.54) is 57.4 Å². The van der Waals surface area contributed by atoms with Crippen LogP contribution in [0.2, 0.25) is 0 Å². The summed E-state index contributed by atoms with van der Waals surface area (Å²) in [6.07, 6.45) is 14.0. The molecule has 0 bridgehead atoms. The first kappa shape index (κ1) is 16.1. The van der Waals surface area contributed by atoms with Crippen molar-refractivity contribution in [1.29, 1.82) is 0 Å². The maximum atomic E-state index is 10.5. The van der Waals surface area contributed by atoms with Gasteiger partial charge in [0.25, 0.3) is 0 Å². The predicted octanol–water partition coefficient (Wildman–Crippen LogP) is 4.95. The van der Waals surface area contributed by atoms with Gasteiger partial charge in [0.15, 0.2) is 0 Å². The van der Waals surface area contributed by atoms with Gasteiger partial charge in [0.05, 0.1) is 0 Å². The van der Waals surface area contributed by atoms with Crippen molar-refractivity contribution in [3.05, 3.63) is 35.9 Å². The van der Waals surface area contributed by atoms with E-state index in [0.717, 1.165) is 23.1 Å². The van der Waals surface area contributed by atoms with E-state index in [-0.39, 0.29) is 0 Å². The molecule has 0 aromatic heterocycles. The fourth-order valence-corrected chi connectivity index (χ4v) is 4.27. The van der Waals surface area contributed by atoms with Crippen LogP contribution in [0.15, 0.2) is 30.3 Å². The Balaban J connectivity index is 1.50. The highest BCUT2D eigenvalue weighted by atomic mass is 16.4. The van der Waals surface area contributed by atoms with Crippen LogP contribution in [0, 0.1) is 11.8 Å². The minimum absolute atomic E-state index is 0.599. The van der Waals surface area contributed by atoms with Crippen LogP contribution in [0.3, 0.4) is 0 Å². The van der Waals surface area contributed by atoms with E-state index in [0.29, 0.717) is 6.04 Å². The second-order valence-electron chi connectivity index (χ2n) is 7.11. The molecule has 23 heavy (non-hydrogen) atoms. The summed E-state index contributed by atoms with van der Waals surface area (Å²) in [5.74, 6) is 0.983. The molecule has 0 saturated heterocycles. The van der Waals surface area contributed by atoms with Crippen molar-refractivity contribution in [3.8, 4) is 0 Å². The van der Waals surface area contributed by atoms with Crippen molar-refractivity contribution in [2.45, 2.75) is 57.4 Å². The lowest BCUT2D eigenvalue weighted by atomic mass is 9.79. The quantitative estimate of drug-likeness (QED) is 0.757. The molecule has 1 aromatic rings. The van der Waals surface area contributed by atoms with Crippen molar-refractivity contribution in [3.63, 3.8) is 0 Å². The zero-order valence-electron chi connectivity index (χ0n) is 13.7. The number of aliphatic carboxylic acids is 1. The van der Waals surface area contributed by atoms with Crippen LogP contribution in [0.1, 0.15) is 56.9 Å². The van der Waals surface area contributed by atoms with Crippen molar-refractivity contribution in [2.75, 3.05) is 5.32 Å². The fourth-order valence-electron chi connectivity index (χ4n) is 4.27. The van der Waals surface area contributed by atoms with Gasteiger partial charge < -0.3 is 10.4 Å². The van der Waals surface area contributed by atoms with E-state index in [1.54, 1.807) is 6.08 Å². The third kappa shape index (κ3) is 4.60. The van der Waals surface area contributed by atoms with E-state index in [4.69, 9.17) is 5.11 Å². The number of hydrogen-bond acceptors (Lipinski definition) is 2. The predicted molar refractivity (Wildman–Crippen MR) is 94.4 cm³/mol. The molecule has 3 heteroatoms. The number of carboxylic acids is 1. The molecule has 0 spiro atoms. The summed E-state index contributed by atoms with van der Waals surface area (Å²) in [5, 5.41) is 12.3. The van der Waals surface area contributed by atoms with Gasteiger partial charge in [-0.05, 0) is 54.9 Å². The number of rotatable bonds is 5. The molecule has 1 aromatic carbocycles. The van der Waals surface area contributed by atoms with Gasteiger partial charge in [-0.3, -0.25) is 0 Å². The summed E-state index contributed by atoms with van der Waals surface area (Å²) in [5.41, 5.74) is 2.07. The second kappa shape index (κ2) is 7.67. The van der Waals surface area contributed by atoms with E-state index in [1.807, 2.05) is 12.1 Å². The molecule has 2 aliphatic rings. The van der Waals surface area contributed by atoms with E-state index in [9.17, 15) is 4.79 Å². The van der Waals surface area contributed by atoms with Crippen LogP contribution in [0.25, 0.3) is 6.08 Å². The fraction of sp³-hybridized carbons (Fsp3) is 0.550. The Labute approximate surface area is 138 Å². The van der Waals surface area contributed by atoms with Gasteiger partial charge in [-0.25, -0.2) is 4.79 Å². The van der Waals surface area contributed by atoms with Crippen LogP contribution in [0.4, 0.5) is 5.69 Å². The minimum Gasteiger partial charge on any atom is -0.478 e. The molecule has 3 nitrogen and oxygen atoms in total. The third-order valence-corrected chi connectivity index (χ3v) is 5.49. The molecular formula is C20H27NO2. The topological polar surface area (TPSA) is 49.3 Å². The molecule has 0 radical (unpaired) electrons. The molecule has 2 N–H and O–H groups in total. The van der Waals surface area contributed by atoms with Gasteiger partial charge in [0.2, 0.25) is 0 Å². The smallest absolute Gasteiger partial charge is 0.328 e. The van der Waals surface area contributed by atoms with E-state index in [2.05, 4.69) is 17.4 Å². The molecule has 0 amide bonds. The Kier molecular flexibility index (Phi) is 5.37. The highest BCUT2D eigenvalue weighted by Gasteiger charge is 2.31. The molecule has 2 aliphatic carbocycles. The van der Waals surface area contributed by atoms with E-state index >= 15 is 0 Å². The monoisotopic (exact) mass is 313 g/mol. The average Bonchev–Trinajstić information content (AvgIpc) is 3.03. The molecule has 2 fully saturated rings. The first-order chi connectivity index (χ1) is 11.2. The Morgan fingerprint density at radius 2 is 1.74 bits per heavy atom. The van der Waals surface area contributed by atoms with Crippen molar-refractivity contribution < 1.29 is 9.90 Å². The summed E-state index contributed by atoms with van der Waals surface area (Å²) in [7, 11) is 0. The number of anilines is 1. The molecule has 3 rings (SSSR count). The maximum absolute atomic E-state index is 10.5. The van der Waals surface area contributed by atoms with Gasteiger partial charge in [0, 0.05) is 17.8 Å². The molecule has 2 atom stereocenters. The van der Waals surface area contributed by atoms with Gasteiger partial charge in [-0.1, -0.05) is 44.2 Å². The zero-order chi connectivity index (χ0) is 16.1. The first-order valence-electron chi connectivity index (χ1n) is 8.98. The largest absolute Gasteiger partial charge is 0.478 e. The lowest BCUT2D eigenvalue weighted by Crippen LogP contribution is -2.19. The van der Waals surface area contributed by atoms with Gasteiger partial charge in [0.1, 0.15) is 0 Å².